The van der Waals surface area contributed by atoms with E-state index in [2.05, 4.69) is 4.98 Å². The topological polar surface area (TPSA) is 125 Å². The molecule has 2 aromatic carbocycles. The van der Waals surface area contributed by atoms with Crippen molar-refractivity contribution in [3.63, 3.8) is 0 Å². The first-order chi connectivity index (χ1) is 16.0. The van der Waals surface area contributed by atoms with E-state index in [1.807, 2.05) is 30.3 Å². The van der Waals surface area contributed by atoms with Crippen molar-refractivity contribution in [3.05, 3.63) is 66.1 Å². The number of morpholine rings is 1. The summed E-state index contributed by atoms with van der Waals surface area (Å²) in [6.07, 6.45) is -1.50. The van der Waals surface area contributed by atoms with Crippen LogP contribution >= 0.6 is 0 Å². The lowest BCUT2D eigenvalue weighted by molar-refractivity contribution is -0.139. The van der Waals surface area contributed by atoms with Crippen molar-refractivity contribution in [1.82, 2.24) is 9.88 Å². The zero-order chi connectivity index (χ0) is 23.2. The lowest BCUT2D eigenvalue weighted by Gasteiger charge is -2.30. The fraction of sp³-hybridized carbons (Fsp3) is 0.333. The quantitative estimate of drug-likeness (QED) is 0.412. The van der Waals surface area contributed by atoms with E-state index < -0.39 is 23.9 Å². The molecule has 1 aromatic heterocycles. The van der Waals surface area contributed by atoms with Gasteiger partial charge in [-0.25, -0.2) is 9.78 Å². The number of Topliss-reactive ketones (excluding diaryl/α,β-unsaturated/α-hetero) is 1. The maximum absolute atomic E-state index is 13.5. The SMILES string of the molecule is NC(=O)OC(Cc1ccccc1)CC(C(=O)c1nc2ccccc2o1)C(=O)N1CCOCC1. The first-order valence-electron chi connectivity index (χ1n) is 10.8. The Morgan fingerprint density at radius 2 is 1.73 bits per heavy atom. The number of aromatic nitrogens is 1. The molecule has 1 aliphatic rings. The summed E-state index contributed by atoms with van der Waals surface area (Å²) < 4.78 is 16.3. The highest BCUT2D eigenvalue weighted by atomic mass is 16.6. The van der Waals surface area contributed by atoms with Crippen LogP contribution in [0.25, 0.3) is 11.1 Å². The third-order valence-corrected chi connectivity index (χ3v) is 5.53. The van der Waals surface area contributed by atoms with Gasteiger partial charge in [0.05, 0.1) is 13.2 Å². The van der Waals surface area contributed by atoms with Gasteiger partial charge in [0.2, 0.25) is 11.7 Å². The second-order valence-electron chi connectivity index (χ2n) is 7.83. The average molecular weight is 451 g/mol. The fourth-order valence-electron chi connectivity index (χ4n) is 3.93. The van der Waals surface area contributed by atoms with E-state index in [1.54, 1.807) is 29.2 Å². The van der Waals surface area contributed by atoms with E-state index in [1.165, 1.54) is 0 Å². The second kappa shape index (κ2) is 10.3. The highest BCUT2D eigenvalue weighted by Gasteiger charge is 2.37. The summed E-state index contributed by atoms with van der Waals surface area (Å²) in [5.41, 5.74) is 7.15. The molecule has 0 aliphatic carbocycles. The Bertz CT molecular complexity index is 1090. The summed E-state index contributed by atoms with van der Waals surface area (Å²) in [4.78, 5) is 44.3. The van der Waals surface area contributed by atoms with Crippen LogP contribution in [0.2, 0.25) is 0 Å². The molecule has 3 aromatic rings. The number of amides is 2. The zero-order valence-corrected chi connectivity index (χ0v) is 18.0. The van der Waals surface area contributed by atoms with Crippen molar-refractivity contribution in [1.29, 1.82) is 0 Å². The number of hydrogen-bond donors (Lipinski definition) is 1. The molecule has 2 N–H and O–H groups in total. The van der Waals surface area contributed by atoms with Gasteiger partial charge >= 0.3 is 6.09 Å². The Kier molecular flexibility index (Phi) is 6.99. The van der Waals surface area contributed by atoms with Crippen molar-refractivity contribution >= 4 is 28.9 Å². The fourth-order valence-corrected chi connectivity index (χ4v) is 3.93. The van der Waals surface area contributed by atoms with E-state index in [0.29, 0.717) is 43.8 Å². The number of primary amides is 1. The third-order valence-electron chi connectivity index (χ3n) is 5.53. The van der Waals surface area contributed by atoms with Crippen molar-refractivity contribution in [2.24, 2.45) is 11.7 Å². The van der Waals surface area contributed by atoms with E-state index >= 15 is 0 Å². The maximum atomic E-state index is 13.5. The smallest absolute Gasteiger partial charge is 0.404 e. The van der Waals surface area contributed by atoms with E-state index in [4.69, 9.17) is 19.6 Å². The molecule has 172 valence electrons. The van der Waals surface area contributed by atoms with Gasteiger partial charge in [0.15, 0.2) is 5.58 Å². The van der Waals surface area contributed by atoms with E-state index in [0.717, 1.165) is 5.56 Å². The maximum Gasteiger partial charge on any atom is 0.404 e. The van der Waals surface area contributed by atoms with Gasteiger partial charge in [-0.05, 0) is 17.7 Å². The Hall–Kier alpha value is -3.72. The molecule has 2 heterocycles. The average Bonchev–Trinajstić information content (AvgIpc) is 3.27. The van der Waals surface area contributed by atoms with Crippen molar-refractivity contribution in [2.75, 3.05) is 26.3 Å². The number of fused-ring (bicyclic) bond motifs is 1. The highest BCUT2D eigenvalue weighted by molar-refractivity contribution is 6.08. The molecule has 1 fully saturated rings. The number of nitrogens with two attached hydrogens (primary N) is 1. The molecule has 33 heavy (non-hydrogen) atoms. The monoisotopic (exact) mass is 451 g/mol. The van der Waals surface area contributed by atoms with Crippen LogP contribution in [-0.4, -0.2) is 60.1 Å². The number of oxazole rings is 1. The molecule has 9 heteroatoms. The van der Waals surface area contributed by atoms with Gasteiger partial charge in [0, 0.05) is 25.9 Å². The summed E-state index contributed by atoms with van der Waals surface area (Å²) in [5, 5.41) is 0. The standard InChI is InChI=1S/C24H25N3O6/c25-24(30)32-17(14-16-6-2-1-3-7-16)15-18(23(29)27-10-12-31-13-11-27)21(28)22-26-19-8-4-5-9-20(19)33-22/h1-9,17-18H,10-15H2,(H2,25,30). The number of ether oxygens (including phenoxy) is 2. The van der Waals surface area contributed by atoms with E-state index in [9.17, 15) is 14.4 Å². The van der Waals surface area contributed by atoms with Crippen LogP contribution in [-0.2, 0) is 20.7 Å². The van der Waals surface area contributed by atoms with Crippen molar-refractivity contribution in [3.8, 4) is 0 Å². The van der Waals surface area contributed by atoms with Gasteiger partial charge in [-0.15, -0.1) is 0 Å². The summed E-state index contributed by atoms with van der Waals surface area (Å²) in [5.74, 6) is -2.24. The number of benzene rings is 2. The number of carbonyl (C=O) groups excluding carboxylic acids is 3. The number of nitrogens with zero attached hydrogens (tertiary/aromatic N) is 2. The van der Waals surface area contributed by atoms with Crippen LogP contribution in [0.5, 0.6) is 0 Å². The van der Waals surface area contributed by atoms with Crippen LogP contribution in [0.4, 0.5) is 4.79 Å². The van der Waals surface area contributed by atoms with Crippen LogP contribution in [0, 0.1) is 5.92 Å². The molecule has 2 amide bonds. The van der Waals surface area contributed by atoms with Gasteiger partial charge in [0.1, 0.15) is 17.5 Å². The van der Waals surface area contributed by atoms with Crippen LogP contribution < -0.4 is 5.73 Å². The number of para-hydroxylation sites is 2. The van der Waals surface area contributed by atoms with Crippen molar-refractivity contribution in [2.45, 2.75) is 18.9 Å². The van der Waals surface area contributed by atoms with Crippen molar-refractivity contribution < 1.29 is 28.3 Å². The first-order valence-corrected chi connectivity index (χ1v) is 10.8. The molecule has 1 aliphatic heterocycles. The molecule has 2 unspecified atom stereocenters. The molecule has 0 bridgehead atoms. The Morgan fingerprint density at radius 3 is 2.42 bits per heavy atom. The van der Waals surface area contributed by atoms with E-state index in [-0.39, 0.29) is 18.2 Å². The molecule has 2 atom stereocenters. The summed E-state index contributed by atoms with van der Waals surface area (Å²) in [7, 11) is 0. The first kappa shape index (κ1) is 22.5. The minimum atomic E-state index is -1.15. The lowest BCUT2D eigenvalue weighted by atomic mass is 9.91. The third kappa shape index (κ3) is 5.56. The van der Waals surface area contributed by atoms with Gasteiger partial charge < -0.3 is 24.5 Å². The van der Waals surface area contributed by atoms with Gasteiger partial charge in [-0.3, -0.25) is 9.59 Å². The van der Waals surface area contributed by atoms with Crippen LogP contribution in [0.3, 0.4) is 0 Å². The molecular formula is C24H25N3O6. The number of hydrogen-bond acceptors (Lipinski definition) is 7. The predicted octanol–water partition coefficient (Wildman–Crippen LogP) is 2.58. The van der Waals surface area contributed by atoms with Gasteiger partial charge in [-0.1, -0.05) is 42.5 Å². The minimum Gasteiger partial charge on any atom is -0.446 e. The molecule has 4 rings (SSSR count). The lowest BCUT2D eigenvalue weighted by Crippen LogP contribution is -2.47. The largest absolute Gasteiger partial charge is 0.446 e. The molecular weight excluding hydrogens is 426 g/mol. The molecule has 0 radical (unpaired) electrons. The molecule has 0 saturated carbocycles. The highest BCUT2D eigenvalue weighted by Crippen LogP contribution is 2.24. The van der Waals surface area contributed by atoms with Gasteiger partial charge in [0.25, 0.3) is 5.89 Å². The Balaban J connectivity index is 1.63. The summed E-state index contributed by atoms with van der Waals surface area (Å²) >= 11 is 0. The normalized spacial score (nSPS) is 15.7. The minimum absolute atomic E-state index is 0.0500. The predicted molar refractivity (Wildman–Crippen MR) is 118 cm³/mol. The Morgan fingerprint density at radius 1 is 1.03 bits per heavy atom. The number of rotatable bonds is 8. The Labute approximate surface area is 190 Å². The number of carbonyl (C=O) groups is 3. The van der Waals surface area contributed by atoms with Gasteiger partial charge in [-0.2, -0.15) is 0 Å². The second-order valence-corrected chi connectivity index (χ2v) is 7.83. The molecule has 9 nitrogen and oxygen atoms in total. The number of ketones is 1. The molecule has 0 spiro atoms. The van der Waals surface area contributed by atoms with Crippen LogP contribution in [0.15, 0.2) is 59.0 Å². The summed E-state index contributed by atoms with van der Waals surface area (Å²) in [6.45, 7) is 1.52. The van der Waals surface area contributed by atoms with Crippen LogP contribution in [0.1, 0.15) is 22.7 Å². The zero-order valence-electron chi connectivity index (χ0n) is 18.0. The summed E-state index contributed by atoms with van der Waals surface area (Å²) in [6, 6.07) is 16.3. The molecule has 1 saturated heterocycles.